The molecule has 116 valence electrons. The molecule has 22 heavy (non-hydrogen) atoms. The fourth-order valence-corrected chi connectivity index (χ4v) is 3.17. The van der Waals surface area contributed by atoms with E-state index in [2.05, 4.69) is 26.1 Å². The van der Waals surface area contributed by atoms with Gasteiger partial charge in [0, 0.05) is 10.9 Å². The number of benzene rings is 1. The third kappa shape index (κ3) is 3.53. The van der Waals surface area contributed by atoms with Crippen LogP contribution in [0.1, 0.15) is 30.1 Å². The maximum Gasteiger partial charge on any atom is 0.320 e. The molecule has 1 saturated heterocycles. The van der Waals surface area contributed by atoms with Gasteiger partial charge in [0.2, 0.25) is 5.89 Å². The van der Waals surface area contributed by atoms with Crippen molar-refractivity contribution in [2.24, 2.45) is 0 Å². The van der Waals surface area contributed by atoms with Crippen LogP contribution in [0.25, 0.3) is 0 Å². The predicted octanol–water partition coefficient (Wildman–Crippen LogP) is 2.47. The third-order valence-electron chi connectivity index (χ3n) is 3.75. The minimum Gasteiger partial charge on any atom is -0.480 e. The van der Waals surface area contributed by atoms with Gasteiger partial charge in [0.25, 0.3) is 0 Å². The van der Waals surface area contributed by atoms with Crippen LogP contribution >= 0.6 is 15.9 Å². The van der Waals surface area contributed by atoms with Crippen LogP contribution in [0.15, 0.2) is 33.3 Å². The second-order valence-electron chi connectivity index (χ2n) is 5.38. The Bertz CT molecular complexity index is 674. The quantitative estimate of drug-likeness (QED) is 0.876. The van der Waals surface area contributed by atoms with Crippen molar-refractivity contribution in [3.05, 3.63) is 46.0 Å². The van der Waals surface area contributed by atoms with Crippen LogP contribution in [0.5, 0.6) is 0 Å². The highest BCUT2D eigenvalue weighted by Gasteiger charge is 2.31. The summed E-state index contributed by atoms with van der Waals surface area (Å²) in [6.07, 6.45) is 2.15. The van der Waals surface area contributed by atoms with Gasteiger partial charge in [-0.05, 0) is 37.1 Å². The van der Waals surface area contributed by atoms with E-state index in [-0.39, 0.29) is 0 Å². The van der Waals surface area contributed by atoms with Crippen LogP contribution in [0.2, 0.25) is 0 Å². The van der Waals surface area contributed by atoms with Crippen molar-refractivity contribution in [2.75, 3.05) is 6.54 Å². The highest BCUT2D eigenvalue weighted by Crippen LogP contribution is 2.20. The number of hydrogen-bond acceptors (Lipinski definition) is 5. The van der Waals surface area contributed by atoms with E-state index in [1.165, 1.54) is 0 Å². The molecule has 1 atom stereocenters. The Morgan fingerprint density at radius 1 is 1.50 bits per heavy atom. The summed E-state index contributed by atoms with van der Waals surface area (Å²) in [5, 5.41) is 13.2. The van der Waals surface area contributed by atoms with Crippen molar-refractivity contribution in [1.29, 1.82) is 0 Å². The van der Waals surface area contributed by atoms with Crippen molar-refractivity contribution < 1.29 is 14.4 Å². The van der Waals surface area contributed by atoms with Crippen LogP contribution in [0.4, 0.5) is 0 Å². The number of halogens is 1. The molecule has 1 aliphatic heterocycles. The molecule has 7 heteroatoms. The van der Waals surface area contributed by atoms with Crippen LogP contribution in [-0.4, -0.2) is 38.7 Å². The van der Waals surface area contributed by atoms with Gasteiger partial charge in [0.05, 0.1) is 6.54 Å². The maximum atomic E-state index is 11.2. The van der Waals surface area contributed by atoms with Crippen molar-refractivity contribution in [1.82, 2.24) is 15.0 Å². The van der Waals surface area contributed by atoms with Crippen LogP contribution < -0.4 is 0 Å². The van der Waals surface area contributed by atoms with Gasteiger partial charge < -0.3 is 9.63 Å². The lowest BCUT2D eigenvalue weighted by atomic mass is 10.1. The summed E-state index contributed by atoms with van der Waals surface area (Å²) in [6, 6.07) is 7.49. The van der Waals surface area contributed by atoms with Crippen LogP contribution in [0, 0.1) is 0 Å². The molecule has 1 aliphatic rings. The molecule has 0 spiro atoms. The molecule has 2 aromatic rings. The number of aromatic nitrogens is 2. The minimum atomic E-state index is -0.786. The average molecular weight is 366 g/mol. The molecule has 0 saturated carbocycles. The molecule has 0 radical (unpaired) electrons. The Morgan fingerprint density at radius 3 is 3.14 bits per heavy atom. The number of carbonyl (C=O) groups is 1. The molecule has 1 aromatic heterocycles. The first-order valence-corrected chi connectivity index (χ1v) is 7.94. The maximum absolute atomic E-state index is 11.2. The Balaban J connectivity index is 1.65. The van der Waals surface area contributed by atoms with Crippen molar-refractivity contribution in [3.8, 4) is 0 Å². The Hall–Kier alpha value is -1.73. The van der Waals surface area contributed by atoms with E-state index in [0.29, 0.717) is 31.1 Å². The van der Waals surface area contributed by atoms with Crippen LogP contribution in [0.3, 0.4) is 0 Å². The minimum absolute atomic E-state index is 0.391. The first-order valence-electron chi connectivity index (χ1n) is 7.14. The topological polar surface area (TPSA) is 79.5 Å². The van der Waals surface area contributed by atoms with E-state index in [1.54, 1.807) is 0 Å². The Kier molecular flexibility index (Phi) is 4.54. The summed E-state index contributed by atoms with van der Waals surface area (Å²) in [5.74, 6) is 0.295. The zero-order valence-electron chi connectivity index (χ0n) is 11.9. The van der Waals surface area contributed by atoms with E-state index in [9.17, 15) is 9.90 Å². The van der Waals surface area contributed by atoms with E-state index in [4.69, 9.17) is 4.52 Å². The van der Waals surface area contributed by atoms with E-state index in [0.717, 1.165) is 23.0 Å². The van der Waals surface area contributed by atoms with Crippen molar-refractivity contribution in [2.45, 2.75) is 31.8 Å². The van der Waals surface area contributed by atoms with E-state index >= 15 is 0 Å². The number of likely N-dealkylation sites (tertiary alicyclic amines) is 1. The molecule has 0 amide bonds. The van der Waals surface area contributed by atoms with E-state index < -0.39 is 12.0 Å². The van der Waals surface area contributed by atoms with Gasteiger partial charge in [-0.1, -0.05) is 33.2 Å². The van der Waals surface area contributed by atoms with Gasteiger partial charge in [-0.25, -0.2) is 0 Å². The van der Waals surface area contributed by atoms with Gasteiger partial charge in [-0.3, -0.25) is 9.69 Å². The van der Waals surface area contributed by atoms with Gasteiger partial charge in [0.15, 0.2) is 5.82 Å². The summed E-state index contributed by atoms with van der Waals surface area (Å²) in [6.45, 7) is 1.14. The summed E-state index contributed by atoms with van der Waals surface area (Å²) < 4.78 is 6.26. The SMILES string of the molecule is O=C(O)[C@@H]1CCCN1Cc1nc(Cc2cccc(Br)c2)no1. The Morgan fingerprint density at radius 2 is 2.36 bits per heavy atom. The summed E-state index contributed by atoms with van der Waals surface area (Å²) in [4.78, 5) is 17.4. The largest absolute Gasteiger partial charge is 0.480 e. The average Bonchev–Trinajstić information content (AvgIpc) is 3.09. The van der Waals surface area contributed by atoms with E-state index in [1.807, 2.05) is 29.2 Å². The predicted molar refractivity (Wildman–Crippen MR) is 82.3 cm³/mol. The zero-order chi connectivity index (χ0) is 15.5. The summed E-state index contributed by atoms with van der Waals surface area (Å²) in [7, 11) is 0. The molecule has 0 bridgehead atoms. The highest BCUT2D eigenvalue weighted by molar-refractivity contribution is 9.10. The Labute approximate surface area is 136 Å². The molecule has 0 aliphatic carbocycles. The first kappa shape index (κ1) is 15.2. The van der Waals surface area contributed by atoms with Crippen LogP contribution in [-0.2, 0) is 17.8 Å². The first-order chi connectivity index (χ1) is 10.6. The van der Waals surface area contributed by atoms with Gasteiger partial charge >= 0.3 is 5.97 Å². The zero-order valence-corrected chi connectivity index (χ0v) is 13.5. The lowest BCUT2D eigenvalue weighted by Gasteiger charge is -2.18. The molecule has 3 rings (SSSR count). The highest BCUT2D eigenvalue weighted by atomic mass is 79.9. The second-order valence-corrected chi connectivity index (χ2v) is 6.29. The molecule has 1 fully saturated rings. The molecule has 2 heterocycles. The number of carboxylic acids is 1. The number of aliphatic carboxylic acids is 1. The second kappa shape index (κ2) is 6.58. The smallest absolute Gasteiger partial charge is 0.320 e. The molecule has 1 aromatic carbocycles. The lowest BCUT2D eigenvalue weighted by Crippen LogP contribution is -2.35. The fourth-order valence-electron chi connectivity index (χ4n) is 2.72. The van der Waals surface area contributed by atoms with Crippen molar-refractivity contribution in [3.63, 3.8) is 0 Å². The third-order valence-corrected chi connectivity index (χ3v) is 4.24. The standard InChI is InChI=1S/C15H16BrN3O3/c16-11-4-1-3-10(7-11)8-13-17-14(22-18-13)9-19-6-2-5-12(19)15(20)21/h1,3-4,7,12H,2,5-6,8-9H2,(H,20,21)/t12-/m0/s1. The molecular formula is C15H16BrN3O3. The molecular weight excluding hydrogens is 350 g/mol. The number of hydrogen-bond donors (Lipinski definition) is 1. The molecule has 6 nitrogen and oxygen atoms in total. The lowest BCUT2D eigenvalue weighted by molar-refractivity contribution is -0.142. The summed E-state index contributed by atoms with van der Waals surface area (Å²) in [5.41, 5.74) is 1.09. The number of nitrogens with zero attached hydrogens (tertiary/aromatic N) is 3. The van der Waals surface area contributed by atoms with Crippen molar-refractivity contribution >= 4 is 21.9 Å². The summed E-state index contributed by atoms with van der Waals surface area (Å²) >= 11 is 3.43. The van der Waals surface area contributed by atoms with Gasteiger partial charge in [0.1, 0.15) is 6.04 Å². The molecule has 0 unspecified atom stereocenters. The normalized spacial score (nSPS) is 18.7. The van der Waals surface area contributed by atoms with Gasteiger partial charge in [-0.2, -0.15) is 4.98 Å². The fraction of sp³-hybridized carbons (Fsp3) is 0.400. The molecule has 1 N–H and O–H groups in total. The number of carboxylic acid groups (broad SMARTS) is 1. The number of rotatable bonds is 5. The van der Waals surface area contributed by atoms with Gasteiger partial charge in [-0.15, -0.1) is 0 Å². The monoisotopic (exact) mass is 365 g/mol.